The zero-order valence-corrected chi connectivity index (χ0v) is 14.0. The van der Waals surface area contributed by atoms with E-state index in [1.807, 2.05) is 12.2 Å². The van der Waals surface area contributed by atoms with Gasteiger partial charge in [-0.25, -0.2) is 4.79 Å². The van der Waals surface area contributed by atoms with Gasteiger partial charge in [0.25, 0.3) is 0 Å². The van der Waals surface area contributed by atoms with Gasteiger partial charge in [0.2, 0.25) is 0 Å². The van der Waals surface area contributed by atoms with Crippen LogP contribution in [0.1, 0.15) is 42.1 Å². The van der Waals surface area contributed by atoms with Crippen molar-refractivity contribution in [3.63, 3.8) is 0 Å². The molecule has 5 nitrogen and oxygen atoms in total. The summed E-state index contributed by atoms with van der Waals surface area (Å²) in [6.07, 6.45) is 8.44. The maximum Gasteiger partial charge on any atom is 0.342 e. The molecule has 6 heteroatoms. The first-order valence-corrected chi connectivity index (χ1v) is 8.06. The number of phenolic OH excluding ortho intramolecular Hbond substituents is 2. The van der Waals surface area contributed by atoms with E-state index in [4.69, 9.17) is 16.3 Å². The van der Waals surface area contributed by atoms with Crippen molar-refractivity contribution < 1.29 is 24.5 Å². The number of carbonyl (C=O) groups excluding carboxylic acids is 2. The van der Waals surface area contributed by atoms with Gasteiger partial charge in [-0.1, -0.05) is 29.8 Å². The van der Waals surface area contributed by atoms with E-state index in [2.05, 4.69) is 0 Å². The van der Waals surface area contributed by atoms with Crippen molar-refractivity contribution in [3.05, 3.63) is 46.5 Å². The first-order valence-electron chi connectivity index (χ1n) is 7.68. The highest BCUT2D eigenvalue weighted by Gasteiger charge is 2.25. The molecule has 2 rings (SSSR count). The molecule has 1 atom stereocenters. The number of halogens is 1. The topological polar surface area (TPSA) is 83.8 Å². The monoisotopic (exact) mass is 350 g/mol. The van der Waals surface area contributed by atoms with Crippen LogP contribution in [0.3, 0.4) is 0 Å². The van der Waals surface area contributed by atoms with E-state index in [-0.39, 0.29) is 28.4 Å². The van der Waals surface area contributed by atoms with E-state index in [0.717, 1.165) is 12.5 Å². The van der Waals surface area contributed by atoms with Crippen molar-refractivity contribution in [1.29, 1.82) is 0 Å². The molecule has 24 heavy (non-hydrogen) atoms. The van der Waals surface area contributed by atoms with Crippen LogP contribution in [0.15, 0.2) is 30.4 Å². The molecule has 0 spiro atoms. The number of phenols is 2. The van der Waals surface area contributed by atoms with Crippen LogP contribution in [-0.4, -0.2) is 28.1 Å². The molecule has 1 aliphatic rings. The van der Waals surface area contributed by atoms with Crippen LogP contribution in [0.4, 0.5) is 0 Å². The number of cyclic esters (lactones) is 1. The van der Waals surface area contributed by atoms with E-state index in [0.29, 0.717) is 12.8 Å². The Morgan fingerprint density at radius 1 is 1.12 bits per heavy atom. The second-order valence-corrected chi connectivity index (χ2v) is 6.01. The average molecular weight is 351 g/mol. The van der Waals surface area contributed by atoms with Gasteiger partial charge in [0.15, 0.2) is 5.78 Å². The lowest BCUT2D eigenvalue weighted by molar-refractivity contribution is -0.114. The SMILES string of the molecule is C[C@@H]1CC=CCCC=CC(=O)Cc2c(Cl)c(O)cc(O)c2C(=O)O1. The molecule has 1 aliphatic heterocycles. The molecule has 0 bridgehead atoms. The highest BCUT2D eigenvalue weighted by molar-refractivity contribution is 6.33. The zero-order chi connectivity index (χ0) is 17.7. The summed E-state index contributed by atoms with van der Waals surface area (Å²) in [4.78, 5) is 24.5. The second-order valence-electron chi connectivity index (χ2n) is 5.63. The third-order valence-electron chi connectivity index (χ3n) is 3.62. The van der Waals surface area contributed by atoms with Crippen molar-refractivity contribution >= 4 is 23.4 Å². The molecule has 1 heterocycles. The summed E-state index contributed by atoms with van der Waals surface area (Å²) < 4.78 is 5.31. The predicted molar refractivity (Wildman–Crippen MR) is 90.5 cm³/mol. The molecule has 1 aromatic rings. The van der Waals surface area contributed by atoms with Gasteiger partial charge in [0.1, 0.15) is 23.2 Å². The molecule has 0 aliphatic carbocycles. The fourth-order valence-corrected chi connectivity index (χ4v) is 2.63. The maximum absolute atomic E-state index is 12.4. The lowest BCUT2D eigenvalue weighted by atomic mass is 9.99. The van der Waals surface area contributed by atoms with Crippen LogP contribution >= 0.6 is 11.6 Å². The number of hydrogen-bond acceptors (Lipinski definition) is 5. The fourth-order valence-electron chi connectivity index (χ4n) is 2.41. The van der Waals surface area contributed by atoms with Crippen LogP contribution in [0, 0.1) is 0 Å². The Hall–Kier alpha value is -2.27. The van der Waals surface area contributed by atoms with E-state index in [1.54, 1.807) is 13.0 Å². The van der Waals surface area contributed by atoms with Gasteiger partial charge in [-0.2, -0.15) is 0 Å². The summed E-state index contributed by atoms with van der Waals surface area (Å²) >= 11 is 6.05. The van der Waals surface area contributed by atoms with Gasteiger partial charge in [-0.3, -0.25) is 4.79 Å². The van der Waals surface area contributed by atoms with E-state index >= 15 is 0 Å². The summed E-state index contributed by atoms with van der Waals surface area (Å²) in [6, 6.07) is 0.969. The molecule has 128 valence electrons. The molecule has 0 aromatic heterocycles. The molecule has 0 saturated heterocycles. The molecular weight excluding hydrogens is 332 g/mol. The van der Waals surface area contributed by atoms with Gasteiger partial charge in [-0.15, -0.1) is 0 Å². The van der Waals surface area contributed by atoms with Gasteiger partial charge in [-0.05, 0) is 25.8 Å². The number of benzene rings is 1. The summed E-state index contributed by atoms with van der Waals surface area (Å²) in [5, 5.41) is 19.7. The van der Waals surface area contributed by atoms with E-state index in [1.165, 1.54) is 6.08 Å². The third kappa shape index (κ3) is 4.38. The van der Waals surface area contributed by atoms with Crippen molar-refractivity contribution in [2.45, 2.75) is 38.7 Å². The Morgan fingerprint density at radius 3 is 2.58 bits per heavy atom. The smallest absolute Gasteiger partial charge is 0.342 e. The molecule has 2 N–H and O–H groups in total. The molecule has 0 amide bonds. The van der Waals surface area contributed by atoms with E-state index < -0.39 is 23.6 Å². The number of allylic oxidation sites excluding steroid dienone is 3. The highest BCUT2D eigenvalue weighted by atomic mass is 35.5. The zero-order valence-electron chi connectivity index (χ0n) is 13.3. The largest absolute Gasteiger partial charge is 0.507 e. The van der Waals surface area contributed by atoms with Gasteiger partial charge in [0.05, 0.1) is 5.02 Å². The van der Waals surface area contributed by atoms with Crippen molar-refractivity contribution in [3.8, 4) is 11.5 Å². The van der Waals surface area contributed by atoms with Gasteiger partial charge < -0.3 is 14.9 Å². The van der Waals surface area contributed by atoms with Crippen LogP contribution in [0.2, 0.25) is 5.02 Å². The molecule has 0 unspecified atom stereocenters. The number of hydrogen-bond donors (Lipinski definition) is 2. The molecule has 0 fully saturated rings. The standard InChI is InChI=1S/C18H19ClO5/c1-11-7-5-3-2-4-6-8-12(20)9-13-16(18(23)24-11)14(21)10-15(22)17(13)19/h3,5-6,8,10-11,21-22H,2,4,7,9H2,1H3/t11-/m1/s1. The van der Waals surface area contributed by atoms with Crippen LogP contribution < -0.4 is 0 Å². The number of ether oxygens (including phenoxy) is 1. The normalized spacial score (nSPS) is 19.5. The third-order valence-corrected chi connectivity index (χ3v) is 4.04. The maximum atomic E-state index is 12.4. The number of fused-ring (bicyclic) bond motifs is 1. The predicted octanol–water partition coefficient (Wildman–Crippen LogP) is 3.70. The second kappa shape index (κ2) is 8.02. The summed E-state index contributed by atoms with van der Waals surface area (Å²) in [5.41, 5.74) is -0.124. The average Bonchev–Trinajstić information content (AvgIpc) is 2.50. The fraction of sp³-hybridized carbons (Fsp3) is 0.333. The van der Waals surface area contributed by atoms with Crippen molar-refractivity contribution in [1.82, 2.24) is 0 Å². The number of ketones is 1. The molecule has 1 aromatic carbocycles. The Kier molecular flexibility index (Phi) is 6.04. The molecular formula is C18H19ClO5. The van der Waals surface area contributed by atoms with Crippen molar-refractivity contribution in [2.24, 2.45) is 0 Å². The number of esters is 1. The Bertz CT molecular complexity index is 706. The summed E-state index contributed by atoms with van der Waals surface area (Å²) in [6.45, 7) is 1.73. The van der Waals surface area contributed by atoms with Gasteiger partial charge >= 0.3 is 5.97 Å². The minimum atomic E-state index is -0.779. The highest BCUT2D eigenvalue weighted by Crippen LogP contribution is 2.37. The summed E-state index contributed by atoms with van der Waals surface area (Å²) in [7, 11) is 0. The van der Waals surface area contributed by atoms with Crippen LogP contribution in [0.5, 0.6) is 11.5 Å². The molecule has 0 radical (unpaired) electrons. The van der Waals surface area contributed by atoms with Crippen molar-refractivity contribution in [2.75, 3.05) is 0 Å². The van der Waals surface area contributed by atoms with Gasteiger partial charge in [0, 0.05) is 24.5 Å². The quantitative estimate of drug-likeness (QED) is 0.550. The minimum absolute atomic E-state index is 0.0635. The lowest BCUT2D eigenvalue weighted by Crippen LogP contribution is -2.17. The van der Waals surface area contributed by atoms with Crippen LogP contribution in [-0.2, 0) is 16.0 Å². The lowest BCUT2D eigenvalue weighted by Gasteiger charge is -2.16. The first-order chi connectivity index (χ1) is 11.4. The first kappa shape index (κ1) is 18.1. The Balaban J connectivity index is 2.49. The van der Waals surface area contributed by atoms with Crippen LogP contribution in [0.25, 0.3) is 0 Å². The summed E-state index contributed by atoms with van der Waals surface area (Å²) in [5.74, 6) is -1.93. The number of carbonyl (C=O) groups is 2. The Labute approximate surface area is 145 Å². The molecule has 0 saturated carbocycles. The number of rotatable bonds is 0. The Morgan fingerprint density at radius 2 is 1.83 bits per heavy atom. The van der Waals surface area contributed by atoms with E-state index in [9.17, 15) is 19.8 Å². The number of aromatic hydroxyl groups is 2. The minimum Gasteiger partial charge on any atom is -0.507 e.